The van der Waals surface area contributed by atoms with Crippen molar-refractivity contribution in [1.29, 1.82) is 0 Å². The van der Waals surface area contributed by atoms with E-state index >= 15 is 0 Å². The molecule has 0 aliphatic rings. The van der Waals surface area contributed by atoms with E-state index in [0.29, 0.717) is 6.61 Å². The monoisotopic (exact) mass is 229 g/mol. The van der Waals surface area contributed by atoms with Gasteiger partial charge >= 0.3 is 0 Å². The van der Waals surface area contributed by atoms with E-state index in [2.05, 4.69) is 5.32 Å². The van der Waals surface area contributed by atoms with Gasteiger partial charge in [0.25, 0.3) is 0 Å². The second-order valence-corrected chi connectivity index (χ2v) is 6.36. The fourth-order valence-electron chi connectivity index (χ4n) is 1.39. The smallest absolute Gasteiger partial charge is 0.250 e. The third-order valence-electron chi connectivity index (χ3n) is 2.01. The van der Waals surface area contributed by atoms with Crippen molar-refractivity contribution in [1.82, 2.24) is 5.32 Å². The average molecular weight is 229 g/mol. The summed E-state index contributed by atoms with van der Waals surface area (Å²) in [5, 5.41) is 2.97. The normalized spacial score (nSPS) is 14.7. The van der Waals surface area contributed by atoms with Gasteiger partial charge in [-0.05, 0) is 32.6 Å². The van der Waals surface area contributed by atoms with Gasteiger partial charge in [-0.1, -0.05) is 27.7 Å². The number of amides is 1. The molecule has 0 spiro atoms. The summed E-state index contributed by atoms with van der Waals surface area (Å²) in [5.41, 5.74) is -0.388. The first-order chi connectivity index (χ1) is 7.08. The topological polar surface area (TPSA) is 38.3 Å². The molecule has 1 atom stereocenters. The molecular formula is C13H27NO2. The molecular weight excluding hydrogens is 202 g/mol. The van der Waals surface area contributed by atoms with Gasteiger partial charge in [0.2, 0.25) is 5.91 Å². The third kappa shape index (κ3) is 6.11. The highest BCUT2D eigenvalue weighted by atomic mass is 16.5. The van der Waals surface area contributed by atoms with Gasteiger partial charge in [-0.2, -0.15) is 0 Å². The minimum Gasteiger partial charge on any atom is -0.368 e. The van der Waals surface area contributed by atoms with E-state index in [0.717, 1.165) is 6.42 Å². The van der Waals surface area contributed by atoms with Crippen LogP contribution in [0.3, 0.4) is 0 Å². The van der Waals surface area contributed by atoms with Crippen LogP contribution in [0.1, 0.15) is 54.9 Å². The third-order valence-corrected chi connectivity index (χ3v) is 2.01. The number of carbonyl (C=O) groups excluding carboxylic acids is 1. The van der Waals surface area contributed by atoms with Gasteiger partial charge in [-0.15, -0.1) is 0 Å². The quantitative estimate of drug-likeness (QED) is 0.805. The lowest BCUT2D eigenvalue weighted by molar-refractivity contribution is -0.141. The Balaban J connectivity index is 4.58. The van der Waals surface area contributed by atoms with Crippen molar-refractivity contribution in [3.8, 4) is 0 Å². The fourth-order valence-corrected chi connectivity index (χ4v) is 1.39. The first-order valence-corrected chi connectivity index (χ1v) is 6.01. The molecule has 0 radical (unpaired) electrons. The summed E-state index contributed by atoms with van der Waals surface area (Å²) in [5.74, 6) is -0.0200. The lowest BCUT2D eigenvalue weighted by atomic mass is 9.88. The van der Waals surface area contributed by atoms with Crippen LogP contribution in [-0.2, 0) is 9.53 Å². The Morgan fingerprint density at radius 2 is 1.69 bits per heavy atom. The molecule has 1 N–H and O–H groups in total. The minimum absolute atomic E-state index is 0.0200. The number of carbonyl (C=O) groups is 1. The fraction of sp³-hybridized carbons (Fsp3) is 0.923. The van der Waals surface area contributed by atoms with Crippen LogP contribution in [-0.4, -0.2) is 24.2 Å². The highest BCUT2D eigenvalue weighted by Crippen LogP contribution is 2.23. The predicted molar refractivity (Wildman–Crippen MR) is 67.4 cm³/mol. The number of rotatable bonds is 4. The van der Waals surface area contributed by atoms with Crippen LogP contribution in [0.4, 0.5) is 0 Å². The van der Waals surface area contributed by atoms with E-state index < -0.39 is 0 Å². The summed E-state index contributed by atoms with van der Waals surface area (Å²) >= 11 is 0. The standard InChI is InChI=1S/C13H27NO2/c1-8-9-16-10(12(2,3)4)11(15)14-13(5,6)7/h10H,8-9H2,1-7H3,(H,14,15). The number of hydrogen-bond acceptors (Lipinski definition) is 2. The van der Waals surface area contributed by atoms with Crippen molar-refractivity contribution in [2.24, 2.45) is 5.41 Å². The Bertz CT molecular complexity index is 223. The molecule has 0 saturated carbocycles. The number of ether oxygens (including phenoxy) is 1. The van der Waals surface area contributed by atoms with Crippen molar-refractivity contribution in [3.63, 3.8) is 0 Å². The van der Waals surface area contributed by atoms with Gasteiger partial charge in [0.1, 0.15) is 6.10 Å². The lowest BCUT2D eigenvalue weighted by Crippen LogP contribution is -2.50. The number of hydrogen-bond donors (Lipinski definition) is 1. The van der Waals surface area contributed by atoms with Crippen LogP contribution in [0.5, 0.6) is 0 Å². The van der Waals surface area contributed by atoms with Gasteiger partial charge in [-0.3, -0.25) is 4.79 Å². The van der Waals surface area contributed by atoms with Gasteiger partial charge in [0.05, 0.1) is 0 Å². The molecule has 3 heteroatoms. The molecule has 1 unspecified atom stereocenters. The summed E-state index contributed by atoms with van der Waals surface area (Å²) in [6, 6.07) is 0. The summed E-state index contributed by atoms with van der Waals surface area (Å²) in [6.45, 7) is 14.7. The van der Waals surface area contributed by atoms with Gasteiger partial charge in [0, 0.05) is 12.1 Å². The van der Waals surface area contributed by atoms with Crippen molar-refractivity contribution in [2.75, 3.05) is 6.61 Å². The van der Waals surface area contributed by atoms with Gasteiger partial charge in [-0.25, -0.2) is 0 Å². The van der Waals surface area contributed by atoms with E-state index in [1.165, 1.54) is 0 Å². The van der Waals surface area contributed by atoms with Crippen molar-refractivity contribution >= 4 is 5.91 Å². The van der Waals surface area contributed by atoms with Crippen LogP contribution < -0.4 is 5.32 Å². The summed E-state index contributed by atoms with van der Waals surface area (Å²) < 4.78 is 5.65. The van der Waals surface area contributed by atoms with E-state index in [1.807, 2.05) is 48.5 Å². The summed E-state index contributed by atoms with van der Waals surface area (Å²) in [7, 11) is 0. The molecule has 0 heterocycles. The summed E-state index contributed by atoms with van der Waals surface area (Å²) in [4.78, 5) is 12.1. The first-order valence-electron chi connectivity index (χ1n) is 6.01. The van der Waals surface area contributed by atoms with Crippen molar-refractivity contribution < 1.29 is 9.53 Å². The van der Waals surface area contributed by atoms with E-state index in [4.69, 9.17) is 4.74 Å². The molecule has 96 valence electrons. The van der Waals surface area contributed by atoms with E-state index in [1.54, 1.807) is 0 Å². The molecule has 0 fully saturated rings. The Labute approximate surface area is 99.9 Å². The highest BCUT2D eigenvalue weighted by molar-refractivity contribution is 5.82. The Hall–Kier alpha value is -0.570. The van der Waals surface area contributed by atoms with Gasteiger partial charge < -0.3 is 10.1 Å². The van der Waals surface area contributed by atoms with Crippen LogP contribution in [0.25, 0.3) is 0 Å². The lowest BCUT2D eigenvalue weighted by Gasteiger charge is -2.32. The second-order valence-electron chi connectivity index (χ2n) is 6.36. The summed E-state index contributed by atoms with van der Waals surface area (Å²) in [6.07, 6.45) is 0.543. The van der Waals surface area contributed by atoms with Gasteiger partial charge in [0.15, 0.2) is 0 Å². The van der Waals surface area contributed by atoms with Crippen LogP contribution in [0, 0.1) is 5.41 Å². The molecule has 0 aromatic rings. The Morgan fingerprint density at radius 3 is 2.00 bits per heavy atom. The zero-order valence-electron chi connectivity index (χ0n) is 11.8. The first kappa shape index (κ1) is 15.4. The second kappa shape index (κ2) is 5.67. The largest absolute Gasteiger partial charge is 0.368 e. The zero-order valence-corrected chi connectivity index (χ0v) is 11.8. The predicted octanol–water partition coefficient (Wildman–Crippen LogP) is 2.74. The van der Waals surface area contributed by atoms with Crippen LogP contribution >= 0.6 is 0 Å². The molecule has 3 nitrogen and oxygen atoms in total. The molecule has 0 aromatic heterocycles. The maximum atomic E-state index is 12.1. The highest BCUT2D eigenvalue weighted by Gasteiger charge is 2.33. The molecule has 1 amide bonds. The van der Waals surface area contributed by atoms with Crippen LogP contribution in [0.2, 0.25) is 0 Å². The maximum Gasteiger partial charge on any atom is 0.250 e. The maximum absolute atomic E-state index is 12.1. The van der Waals surface area contributed by atoms with Crippen LogP contribution in [0.15, 0.2) is 0 Å². The molecule has 0 aliphatic carbocycles. The molecule has 0 rings (SSSR count). The zero-order chi connectivity index (χ0) is 13.0. The van der Waals surface area contributed by atoms with Crippen molar-refractivity contribution in [3.05, 3.63) is 0 Å². The van der Waals surface area contributed by atoms with E-state index in [9.17, 15) is 4.79 Å². The van der Waals surface area contributed by atoms with Crippen molar-refractivity contribution in [2.45, 2.75) is 66.5 Å². The average Bonchev–Trinajstić information content (AvgIpc) is 1.98. The molecule has 0 aliphatic heterocycles. The molecule has 0 aromatic carbocycles. The molecule has 0 bridgehead atoms. The molecule has 16 heavy (non-hydrogen) atoms. The Morgan fingerprint density at radius 1 is 1.19 bits per heavy atom. The minimum atomic E-state index is -0.383. The van der Waals surface area contributed by atoms with E-state index in [-0.39, 0.29) is 23.0 Å². The Kier molecular flexibility index (Phi) is 5.47. The number of nitrogens with one attached hydrogen (secondary N) is 1. The molecule has 0 saturated heterocycles. The SMILES string of the molecule is CCCOC(C(=O)NC(C)(C)C)C(C)(C)C.